The molecule has 0 amide bonds. The third-order valence-corrected chi connectivity index (χ3v) is 0.601. The van der Waals surface area contributed by atoms with Gasteiger partial charge >= 0.3 is 6.18 Å². The zero-order chi connectivity index (χ0) is 5.21. The summed E-state index contributed by atoms with van der Waals surface area (Å²) in [5.74, 6) is 0. The lowest BCUT2D eigenvalue weighted by molar-refractivity contribution is -0.109. The molecule has 0 aliphatic heterocycles. The molecule has 35 valence electrons. The van der Waals surface area contributed by atoms with E-state index in [2.05, 4.69) is 10.2 Å². The van der Waals surface area contributed by atoms with Gasteiger partial charge in [0, 0.05) is 16.3 Å². The van der Waals surface area contributed by atoms with Crippen LogP contribution in [0.4, 0.5) is 13.2 Å². The number of hydrogen-bond donors (Lipinski definition) is 0. The van der Waals surface area contributed by atoms with E-state index in [0.29, 0.717) is 0 Å². The smallest absolute Gasteiger partial charge is 0.172 e. The predicted octanol–water partition coefficient (Wildman–Crippen LogP) is 1.14. The van der Waals surface area contributed by atoms with Gasteiger partial charge in [0.1, 0.15) is 0 Å². The van der Waals surface area contributed by atoms with Gasteiger partial charge in [-0.2, -0.15) is 13.2 Å². The molecule has 0 atom stereocenters. The lowest BCUT2D eigenvalue weighted by atomic mass is 10.8. The Bertz CT molecular complexity index is 38.5. The van der Waals surface area contributed by atoms with E-state index in [4.69, 9.17) is 0 Å². The Morgan fingerprint density at radius 3 is 1.50 bits per heavy atom. The van der Waals surface area contributed by atoms with E-state index in [9.17, 15) is 13.2 Å². The van der Waals surface area contributed by atoms with Gasteiger partial charge in [0.05, 0.1) is 0 Å². The summed E-state index contributed by atoms with van der Waals surface area (Å²) in [6.07, 6.45) is -4.04. The molecule has 0 saturated carbocycles. The average Bonchev–Trinajstić information content (AvgIpc) is 1.35. The second-order valence-corrected chi connectivity index (χ2v) is 1.15. The average molecular weight is 111 g/mol. The van der Waals surface area contributed by atoms with Crippen LogP contribution in [0.15, 0.2) is 0 Å². The zero-order valence-corrected chi connectivity index (χ0v) is 3.84. The van der Waals surface area contributed by atoms with Gasteiger partial charge in [0.2, 0.25) is 0 Å². The van der Waals surface area contributed by atoms with Crippen molar-refractivity contribution in [2.75, 3.05) is 0 Å². The Hall–Kier alpha value is 0.00688. The lowest BCUT2D eigenvalue weighted by Crippen LogP contribution is -2.03. The maximum atomic E-state index is 10.7. The molecule has 0 bridgehead atoms. The van der Waals surface area contributed by atoms with Crippen molar-refractivity contribution in [3.63, 3.8) is 0 Å². The van der Waals surface area contributed by atoms with E-state index in [0.717, 1.165) is 0 Å². The third kappa shape index (κ3) is 4.01. The minimum absolute atomic E-state index is 0.924. The largest absolute Gasteiger partial charge is 0.386 e. The first-order valence-electron chi connectivity index (χ1n) is 1.27. The summed E-state index contributed by atoms with van der Waals surface area (Å²) in [7, 11) is 2.29. The van der Waals surface area contributed by atoms with Crippen molar-refractivity contribution in [1.82, 2.24) is 0 Å². The summed E-state index contributed by atoms with van der Waals surface area (Å²) in [6, 6.07) is -0.924. The highest BCUT2D eigenvalue weighted by Gasteiger charge is 2.22. The fourth-order valence-corrected chi connectivity index (χ4v) is 0. The SMILES string of the molecule is FC(F)(F)C[Si]. The van der Waals surface area contributed by atoms with Crippen molar-refractivity contribution in [1.29, 1.82) is 0 Å². The maximum Gasteiger partial charge on any atom is 0.386 e. The van der Waals surface area contributed by atoms with E-state index in [1.54, 1.807) is 0 Å². The quantitative estimate of drug-likeness (QED) is 0.411. The van der Waals surface area contributed by atoms with E-state index in [1.165, 1.54) is 0 Å². The van der Waals surface area contributed by atoms with Crippen molar-refractivity contribution < 1.29 is 13.2 Å². The van der Waals surface area contributed by atoms with E-state index < -0.39 is 12.2 Å². The Kier molecular flexibility index (Phi) is 1.64. The number of rotatable bonds is 0. The van der Waals surface area contributed by atoms with Crippen molar-refractivity contribution in [3.8, 4) is 0 Å². The summed E-state index contributed by atoms with van der Waals surface area (Å²) in [4.78, 5) is 0. The number of alkyl halides is 3. The molecular weight excluding hydrogens is 109 g/mol. The fourth-order valence-electron chi connectivity index (χ4n) is 0. The van der Waals surface area contributed by atoms with Gasteiger partial charge in [-0.05, 0) is 0 Å². The van der Waals surface area contributed by atoms with Crippen molar-refractivity contribution >= 4 is 10.2 Å². The molecular formula is C2H2F3Si. The predicted molar refractivity (Wildman–Crippen MR) is 16.6 cm³/mol. The third-order valence-electron chi connectivity index (χ3n) is 0.200. The van der Waals surface area contributed by atoms with E-state index >= 15 is 0 Å². The minimum atomic E-state index is -4.04. The summed E-state index contributed by atoms with van der Waals surface area (Å²) < 4.78 is 32.2. The molecule has 0 aliphatic carbocycles. The molecule has 0 aromatic heterocycles. The van der Waals surface area contributed by atoms with E-state index in [1.807, 2.05) is 0 Å². The van der Waals surface area contributed by atoms with Gasteiger partial charge < -0.3 is 0 Å². The topological polar surface area (TPSA) is 0 Å². The van der Waals surface area contributed by atoms with Crippen LogP contribution in [0.5, 0.6) is 0 Å². The normalized spacial score (nSPS) is 12.0. The van der Waals surface area contributed by atoms with Crippen LogP contribution in [0, 0.1) is 0 Å². The molecule has 0 unspecified atom stereocenters. The molecule has 0 heterocycles. The van der Waals surface area contributed by atoms with Crippen LogP contribution in [0.25, 0.3) is 0 Å². The summed E-state index contributed by atoms with van der Waals surface area (Å²) in [5.41, 5.74) is 0. The summed E-state index contributed by atoms with van der Waals surface area (Å²) >= 11 is 0. The van der Waals surface area contributed by atoms with Crippen molar-refractivity contribution in [2.24, 2.45) is 0 Å². The van der Waals surface area contributed by atoms with E-state index in [-0.39, 0.29) is 0 Å². The molecule has 6 heavy (non-hydrogen) atoms. The highest BCUT2D eigenvalue weighted by molar-refractivity contribution is 6.08. The van der Waals surface area contributed by atoms with Gasteiger partial charge in [-0.15, -0.1) is 0 Å². The first-order chi connectivity index (χ1) is 2.56. The number of hydrogen-bond acceptors (Lipinski definition) is 0. The fraction of sp³-hybridized carbons (Fsp3) is 1.00. The number of halogens is 3. The Morgan fingerprint density at radius 1 is 1.33 bits per heavy atom. The van der Waals surface area contributed by atoms with Crippen LogP contribution in [-0.4, -0.2) is 16.4 Å². The molecule has 0 saturated heterocycles. The highest BCUT2D eigenvalue weighted by atomic mass is 28.1. The van der Waals surface area contributed by atoms with Crippen LogP contribution >= 0.6 is 0 Å². The maximum absolute atomic E-state index is 10.7. The Balaban J connectivity index is 3.17. The van der Waals surface area contributed by atoms with Gasteiger partial charge in [0.15, 0.2) is 0 Å². The van der Waals surface area contributed by atoms with Crippen molar-refractivity contribution in [3.05, 3.63) is 0 Å². The van der Waals surface area contributed by atoms with Gasteiger partial charge in [-0.25, -0.2) is 0 Å². The summed E-state index contributed by atoms with van der Waals surface area (Å²) in [6.45, 7) is 0. The molecule has 0 aromatic carbocycles. The molecule has 0 fully saturated rings. The lowest BCUT2D eigenvalue weighted by Gasteiger charge is -1.96. The second kappa shape index (κ2) is 1.64. The van der Waals surface area contributed by atoms with Crippen LogP contribution < -0.4 is 0 Å². The minimum Gasteiger partial charge on any atom is -0.172 e. The van der Waals surface area contributed by atoms with Crippen LogP contribution in [-0.2, 0) is 0 Å². The highest BCUT2D eigenvalue weighted by Crippen LogP contribution is 2.16. The summed E-state index contributed by atoms with van der Waals surface area (Å²) in [5, 5.41) is 0. The standard InChI is InChI=1S/C2H2F3Si/c3-2(4,5)1-6/h1H2. The molecule has 4 heteroatoms. The zero-order valence-electron chi connectivity index (χ0n) is 2.84. The molecule has 0 rings (SSSR count). The van der Waals surface area contributed by atoms with Gasteiger partial charge in [-0.1, -0.05) is 0 Å². The van der Waals surface area contributed by atoms with Crippen LogP contribution in [0.3, 0.4) is 0 Å². The molecule has 0 aliphatic rings. The monoisotopic (exact) mass is 111 g/mol. The molecule has 3 radical (unpaired) electrons. The molecule has 0 aromatic rings. The van der Waals surface area contributed by atoms with Crippen LogP contribution in [0.1, 0.15) is 0 Å². The Labute approximate surface area is 36.8 Å². The molecule has 0 spiro atoms. The molecule has 0 N–H and O–H groups in total. The first-order valence-corrected chi connectivity index (χ1v) is 1.98. The van der Waals surface area contributed by atoms with Gasteiger partial charge in [0.25, 0.3) is 0 Å². The van der Waals surface area contributed by atoms with Crippen LogP contribution in [0.2, 0.25) is 6.04 Å². The van der Waals surface area contributed by atoms with Crippen molar-refractivity contribution in [2.45, 2.75) is 12.2 Å². The first kappa shape index (κ1) is 6.01. The van der Waals surface area contributed by atoms with Gasteiger partial charge in [-0.3, -0.25) is 0 Å². The molecule has 0 nitrogen and oxygen atoms in total. The Morgan fingerprint density at radius 2 is 1.50 bits per heavy atom. The second-order valence-electron chi connectivity index (χ2n) is 0.792.